The van der Waals surface area contributed by atoms with Gasteiger partial charge in [-0.25, -0.2) is 9.97 Å². The maximum Gasteiger partial charge on any atom is 0.143 e. The number of carbonyl (C=O) groups excluding carboxylic acids is 1. The second kappa shape index (κ2) is 10.0. The molecule has 0 saturated carbocycles. The van der Waals surface area contributed by atoms with Crippen molar-refractivity contribution in [1.82, 2.24) is 14.9 Å². The molecular weight excluding hydrogens is 396 g/mol. The van der Waals surface area contributed by atoms with E-state index in [0.717, 1.165) is 49.6 Å². The molecule has 1 saturated heterocycles. The number of ketones is 1. The zero-order valence-electron chi connectivity index (χ0n) is 19.3. The van der Waals surface area contributed by atoms with Crippen molar-refractivity contribution >= 4 is 11.5 Å². The molecule has 0 radical (unpaired) electrons. The molecule has 0 amide bonds. The summed E-state index contributed by atoms with van der Waals surface area (Å²) in [5, 5.41) is 0. The molecule has 4 rings (SSSR count). The molecule has 32 heavy (non-hydrogen) atoms. The standard InChI is InChI=1S/C27H32N4O/c1-20-11-21(2)13-23(12-20)16-27(32)18-25-17-24(28-19-29-25)14-22-5-4-6-26(15-22)31-9-7-30(3)8-10-31/h4-6,11-13,15,17,19H,7-10,14,16,18H2,1-3H3. The molecule has 166 valence electrons. The van der Waals surface area contributed by atoms with Gasteiger partial charge in [0, 0.05) is 56.8 Å². The highest BCUT2D eigenvalue weighted by Gasteiger charge is 2.15. The second-order valence-electron chi connectivity index (χ2n) is 9.03. The Balaban J connectivity index is 1.40. The van der Waals surface area contributed by atoms with Gasteiger partial charge in [-0.3, -0.25) is 4.79 Å². The van der Waals surface area contributed by atoms with Gasteiger partial charge in [0.05, 0.1) is 5.69 Å². The fourth-order valence-corrected chi connectivity index (χ4v) is 4.44. The molecule has 2 aromatic carbocycles. The van der Waals surface area contributed by atoms with E-state index in [9.17, 15) is 4.79 Å². The molecule has 1 aromatic heterocycles. The number of hydrogen-bond acceptors (Lipinski definition) is 5. The van der Waals surface area contributed by atoms with Gasteiger partial charge in [0.2, 0.25) is 0 Å². The quantitative estimate of drug-likeness (QED) is 0.573. The Morgan fingerprint density at radius 1 is 0.844 bits per heavy atom. The van der Waals surface area contributed by atoms with Crippen LogP contribution < -0.4 is 4.90 Å². The van der Waals surface area contributed by atoms with Crippen molar-refractivity contribution in [2.75, 3.05) is 38.1 Å². The summed E-state index contributed by atoms with van der Waals surface area (Å²) in [4.78, 5) is 26.3. The number of aryl methyl sites for hydroxylation is 2. The minimum absolute atomic E-state index is 0.178. The summed E-state index contributed by atoms with van der Waals surface area (Å²) in [7, 11) is 2.17. The molecule has 5 nitrogen and oxygen atoms in total. The number of hydrogen-bond donors (Lipinski definition) is 0. The maximum atomic E-state index is 12.6. The van der Waals surface area contributed by atoms with Gasteiger partial charge in [0.25, 0.3) is 0 Å². The number of anilines is 1. The molecule has 1 aliphatic heterocycles. The zero-order valence-corrected chi connectivity index (χ0v) is 19.3. The normalized spacial score (nSPS) is 14.5. The highest BCUT2D eigenvalue weighted by Crippen LogP contribution is 2.20. The van der Waals surface area contributed by atoms with Crippen molar-refractivity contribution in [3.05, 3.63) is 88.5 Å². The first-order valence-electron chi connectivity index (χ1n) is 11.4. The Morgan fingerprint density at radius 2 is 1.56 bits per heavy atom. The topological polar surface area (TPSA) is 49.3 Å². The van der Waals surface area contributed by atoms with E-state index in [1.165, 1.54) is 22.4 Å². The lowest BCUT2D eigenvalue weighted by Crippen LogP contribution is -2.44. The molecule has 1 aliphatic rings. The summed E-state index contributed by atoms with van der Waals surface area (Å²) in [6.07, 6.45) is 3.10. The first-order valence-corrected chi connectivity index (χ1v) is 11.4. The van der Waals surface area contributed by atoms with E-state index in [4.69, 9.17) is 0 Å². The van der Waals surface area contributed by atoms with Gasteiger partial charge in [0.15, 0.2) is 0 Å². The van der Waals surface area contributed by atoms with Crippen molar-refractivity contribution in [1.29, 1.82) is 0 Å². The Hall–Kier alpha value is -3.05. The third-order valence-corrected chi connectivity index (χ3v) is 6.01. The minimum Gasteiger partial charge on any atom is -0.369 e. The monoisotopic (exact) mass is 428 g/mol. The Bertz CT molecular complexity index is 1070. The summed E-state index contributed by atoms with van der Waals surface area (Å²) in [5.74, 6) is 0.178. The van der Waals surface area contributed by atoms with Gasteiger partial charge in [-0.15, -0.1) is 0 Å². The Morgan fingerprint density at radius 3 is 2.31 bits per heavy atom. The molecule has 0 spiro atoms. The summed E-state index contributed by atoms with van der Waals surface area (Å²) < 4.78 is 0. The predicted octanol–water partition coefficient (Wildman–Crippen LogP) is 3.79. The first kappa shape index (κ1) is 22.2. The molecule has 0 unspecified atom stereocenters. The van der Waals surface area contributed by atoms with Crippen molar-refractivity contribution in [2.45, 2.75) is 33.1 Å². The van der Waals surface area contributed by atoms with Gasteiger partial charge in [-0.2, -0.15) is 0 Å². The van der Waals surface area contributed by atoms with Gasteiger partial charge >= 0.3 is 0 Å². The second-order valence-corrected chi connectivity index (χ2v) is 9.03. The van der Waals surface area contributed by atoms with Gasteiger partial charge in [-0.05, 0) is 50.2 Å². The van der Waals surface area contributed by atoms with Crippen LogP contribution in [0.15, 0.2) is 54.9 Å². The van der Waals surface area contributed by atoms with Crippen LogP contribution in [0.25, 0.3) is 0 Å². The van der Waals surface area contributed by atoms with Crippen molar-refractivity contribution < 1.29 is 4.79 Å². The number of piperazine rings is 1. The maximum absolute atomic E-state index is 12.6. The summed E-state index contributed by atoms with van der Waals surface area (Å²) in [6.45, 7) is 8.43. The van der Waals surface area contributed by atoms with Gasteiger partial charge in [-0.1, -0.05) is 41.5 Å². The van der Waals surface area contributed by atoms with Crippen LogP contribution in [0.1, 0.15) is 33.6 Å². The number of aromatic nitrogens is 2. The number of nitrogens with zero attached hydrogens (tertiary/aromatic N) is 4. The van der Waals surface area contributed by atoms with Crippen LogP contribution in [-0.4, -0.2) is 53.9 Å². The van der Waals surface area contributed by atoms with Crippen LogP contribution >= 0.6 is 0 Å². The highest BCUT2D eigenvalue weighted by atomic mass is 16.1. The molecule has 0 bridgehead atoms. The zero-order chi connectivity index (χ0) is 22.5. The van der Waals surface area contributed by atoms with E-state index in [1.807, 2.05) is 6.07 Å². The third kappa shape index (κ3) is 6.01. The lowest BCUT2D eigenvalue weighted by Gasteiger charge is -2.34. The van der Waals surface area contributed by atoms with Gasteiger partial charge < -0.3 is 9.80 Å². The van der Waals surface area contributed by atoms with Crippen LogP contribution in [0.3, 0.4) is 0 Å². The van der Waals surface area contributed by atoms with E-state index in [2.05, 4.69) is 83.1 Å². The Labute approximate surface area is 191 Å². The number of rotatable bonds is 7. The van der Waals surface area contributed by atoms with Crippen LogP contribution in [-0.2, 0) is 24.1 Å². The molecule has 5 heteroatoms. The molecule has 1 fully saturated rings. The lowest BCUT2D eigenvalue weighted by atomic mass is 10.0. The number of carbonyl (C=O) groups is 1. The van der Waals surface area contributed by atoms with Crippen molar-refractivity contribution in [2.24, 2.45) is 0 Å². The first-order chi connectivity index (χ1) is 15.4. The van der Waals surface area contributed by atoms with Crippen molar-refractivity contribution in [3.8, 4) is 0 Å². The van der Waals surface area contributed by atoms with E-state index < -0.39 is 0 Å². The van der Waals surface area contributed by atoms with Crippen LogP contribution in [0.4, 0.5) is 5.69 Å². The van der Waals surface area contributed by atoms with E-state index >= 15 is 0 Å². The van der Waals surface area contributed by atoms with Crippen molar-refractivity contribution in [3.63, 3.8) is 0 Å². The Kier molecular flexibility index (Phi) is 6.96. The van der Waals surface area contributed by atoms with Crippen LogP contribution in [0.2, 0.25) is 0 Å². The fourth-order valence-electron chi connectivity index (χ4n) is 4.44. The third-order valence-electron chi connectivity index (χ3n) is 6.01. The molecular formula is C27H32N4O. The van der Waals surface area contributed by atoms with E-state index in [-0.39, 0.29) is 5.78 Å². The molecule has 2 heterocycles. The number of likely N-dealkylation sites (N-methyl/N-ethyl adjacent to an activating group) is 1. The summed E-state index contributed by atoms with van der Waals surface area (Å²) >= 11 is 0. The summed E-state index contributed by atoms with van der Waals surface area (Å²) in [5.41, 5.74) is 7.69. The smallest absolute Gasteiger partial charge is 0.143 e. The highest BCUT2D eigenvalue weighted by molar-refractivity contribution is 5.82. The fraction of sp³-hybridized carbons (Fsp3) is 0.370. The molecule has 0 aliphatic carbocycles. The van der Waals surface area contributed by atoms with E-state index in [1.54, 1.807) is 6.33 Å². The lowest BCUT2D eigenvalue weighted by molar-refractivity contribution is -0.117. The SMILES string of the molecule is Cc1cc(C)cc(CC(=O)Cc2cc(Cc3cccc(N4CCN(C)CC4)c3)ncn2)c1. The molecule has 0 atom stereocenters. The van der Waals surface area contributed by atoms with E-state index in [0.29, 0.717) is 12.8 Å². The average Bonchev–Trinajstić information content (AvgIpc) is 2.74. The minimum atomic E-state index is 0.178. The molecule has 0 N–H and O–H groups in total. The summed E-state index contributed by atoms with van der Waals surface area (Å²) in [6, 6.07) is 17.0. The average molecular weight is 429 g/mol. The predicted molar refractivity (Wildman–Crippen MR) is 129 cm³/mol. The van der Waals surface area contributed by atoms with Crippen LogP contribution in [0, 0.1) is 13.8 Å². The molecule has 3 aromatic rings. The largest absolute Gasteiger partial charge is 0.369 e. The number of benzene rings is 2. The van der Waals surface area contributed by atoms with Gasteiger partial charge in [0.1, 0.15) is 12.1 Å². The number of Topliss-reactive ketones (excluding diaryl/α,β-unsaturated/α-hetero) is 1. The van der Waals surface area contributed by atoms with Crippen LogP contribution in [0.5, 0.6) is 0 Å².